The summed E-state index contributed by atoms with van der Waals surface area (Å²) < 4.78 is 30.1. The summed E-state index contributed by atoms with van der Waals surface area (Å²) in [5.74, 6) is -0.373. The first kappa shape index (κ1) is 18.7. The van der Waals surface area contributed by atoms with E-state index in [-0.39, 0.29) is 17.4 Å². The first-order valence-corrected chi connectivity index (χ1v) is 8.90. The van der Waals surface area contributed by atoms with E-state index in [2.05, 4.69) is 10.1 Å². The van der Waals surface area contributed by atoms with Gasteiger partial charge in [0.2, 0.25) is 11.7 Å². The topological polar surface area (TPSA) is 98.6 Å². The highest BCUT2D eigenvalue weighted by Gasteiger charge is 2.25. The van der Waals surface area contributed by atoms with E-state index in [1.807, 2.05) is 13.8 Å². The Balaban J connectivity index is 1.99. The number of fused-ring (bicyclic) bond motifs is 1. The molecular weight excluding hydrogens is 379 g/mol. The molecule has 0 aliphatic carbocycles. The summed E-state index contributed by atoms with van der Waals surface area (Å²) in [7, 11) is 0. The van der Waals surface area contributed by atoms with Gasteiger partial charge >= 0.3 is 5.97 Å². The van der Waals surface area contributed by atoms with Crippen molar-refractivity contribution in [3.63, 3.8) is 0 Å². The molecule has 0 saturated heterocycles. The minimum Gasteiger partial charge on any atom is -0.490 e. The Morgan fingerprint density at radius 1 is 1.21 bits per heavy atom. The summed E-state index contributed by atoms with van der Waals surface area (Å²) in [6, 6.07) is 8.64. The number of halogens is 1. The lowest BCUT2D eigenvalue weighted by Crippen LogP contribution is -2.07. The molecule has 29 heavy (non-hydrogen) atoms. The number of aromatic carboxylic acids is 1. The van der Waals surface area contributed by atoms with Crippen LogP contribution in [0.5, 0.6) is 5.75 Å². The van der Waals surface area contributed by atoms with Crippen LogP contribution in [-0.4, -0.2) is 27.3 Å². The van der Waals surface area contributed by atoms with Crippen LogP contribution in [0.4, 0.5) is 4.39 Å². The normalized spacial score (nSPS) is 11.3. The van der Waals surface area contributed by atoms with Crippen LogP contribution in [0.1, 0.15) is 30.1 Å². The molecule has 4 rings (SSSR count). The van der Waals surface area contributed by atoms with E-state index in [1.165, 1.54) is 24.3 Å². The molecule has 2 heterocycles. The van der Waals surface area contributed by atoms with Gasteiger partial charge in [-0.05, 0) is 50.2 Å². The maximum Gasteiger partial charge on any atom is 0.340 e. The molecule has 8 heteroatoms. The van der Waals surface area contributed by atoms with Gasteiger partial charge in [0, 0.05) is 17.9 Å². The monoisotopic (exact) mass is 396 g/mol. The van der Waals surface area contributed by atoms with E-state index in [4.69, 9.17) is 13.7 Å². The van der Waals surface area contributed by atoms with Gasteiger partial charge < -0.3 is 18.8 Å². The van der Waals surface area contributed by atoms with Gasteiger partial charge in [-0.15, -0.1) is 0 Å². The van der Waals surface area contributed by atoms with E-state index in [9.17, 15) is 14.3 Å². The second-order valence-electron chi connectivity index (χ2n) is 6.77. The number of hydrogen-bond acceptors (Lipinski definition) is 6. The zero-order chi connectivity index (χ0) is 20.7. The minimum atomic E-state index is -1.17. The van der Waals surface area contributed by atoms with Gasteiger partial charge in [0.1, 0.15) is 28.5 Å². The number of hydrogen-bond donors (Lipinski definition) is 1. The van der Waals surface area contributed by atoms with E-state index >= 15 is 0 Å². The summed E-state index contributed by atoms with van der Waals surface area (Å²) in [5.41, 5.74) is 1.24. The Labute approximate surface area is 164 Å². The highest BCUT2D eigenvalue weighted by Crippen LogP contribution is 2.40. The molecule has 0 bridgehead atoms. The van der Waals surface area contributed by atoms with E-state index in [0.29, 0.717) is 39.6 Å². The molecule has 0 fully saturated rings. The highest BCUT2D eigenvalue weighted by atomic mass is 19.1. The third kappa shape index (κ3) is 3.44. The number of aryl methyl sites for hydroxylation is 1. The van der Waals surface area contributed by atoms with Crippen molar-refractivity contribution in [3.05, 3.63) is 53.7 Å². The molecule has 0 atom stereocenters. The average Bonchev–Trinajstić information content (AvgIpc) is 3.24. The average molecular weight is 396 g/mol. The molecule has 0 aliphatic rings. The van der Waals surface area contributed by atoms with Crippen LogP contribution >= 0.6 is 0 Å². The molecule has 0 aliphatic heterocycles. The zero-order valence-electron chi connectivity index (χ0n) is 15.9. The Morgan fingerprint density at radius 2 is 1.93 bits per heavy atom. The van der Waals surface area contributed by atoms with E-state index in [0.717, 1.165) is 0 Å². The summed E-state index contributed by atoms with van der Waals surface area (Å²) in [6.45, 7) is 5.37. The molecule has 0 saturated carbocycles. The first-order valence-electron chi connectivity index (χ1n) is 8.90. The standard InChI is InChI=1S/C21H17FN2O5/c1-10(2)27-17-8-14-16(9-15(17)20-23-11(3)29-24-20)28-19(18(14)21(25)26)12-4-6-13(22)7-5-12/h4-10H,1-3H3,(H,25,26). The fraction of sp³-hybridized carbons (Fsp3) is 0.190. The zero-order valence-corrected chi connectivity index (χ0v) is 15.9. The van der Waals surface area contributed by atoms with Crippen LogP contribution < -0.4 is 4.74 Å². The second-order valence-corrected chi connectivity index (χ2v) is 6.77. The van der Waals surface area contributed by atoms with Crippen molar-refractivity contribution in [2.45, 2.75) is 26.9 Å². The van der Waals surface area contributed by atoms with Gasteiger partial charge in [-0.2, -0.15) is 4.98 Å². The number of nitrogens with zero attached hydrogens (tertiary/aromatic N) is 2. The van der Waals surface area contributed by atoms with Gasteiger partial charge in [-0.25, -0.2) is 9.18 Å². The van der Waals surface area contributed by atoms with Crippen molar-refractivity contribution in [1.82, 2.24) is 10.1 Å². The molecule has 2 aromatic carbocycles. The summed E-state index contributed by atoms with van der Waals surface area (Å²) in [6.07, 6.45) is -0.170. The Kier molecular flexibility index (Phi) is 4.54. The molecule has 148 valence electrons. The van der Waals surface area contributed by atoms with E-state index < -0.39 is 11.8 Å². The summed E-state index contributed by atoms with van der Waals surface area (Å²) in [5, 5.41) is 14.1. The Hall–Kier alpha value is -3.68. The minimum absolute atomic E-state index is 0.0314. The molecule has 4 aromatic rings. The van der Waals surface area contributed by atoms with Crippen molar-refractivity contribution >= 4 is 16.9 Å². The first-order chi connectivity index (χ1) is 13.8. The lowest BCUT2D eigenvalue weighted by molar-refractivity contribution is 0.0699. The Bertz CT molecular complexity index is 1210. The van der Waals surface area contributed by atoms with Crippen molar-refractivity contribution in [1.29, 1.82) is 0 Å². The molecule has 7 nitrogen and oxygen atoms in total. The number of furan rings is 1. The number of aromatic nitrogens is 2. The van der Waals surface area contributed by atoms with Crippen LogP contribution in [0.2, 0.25) is 0 Å². The number of ether oxygens (including phenoxy) is 1. The number of carboxylic acids is 1. The van der Waals surface area contributed by atoms with Crippen LogP contribution in [0.3, 0.4) is 0 Å². The smallest absolute Gasteiger partial charge is 0.340 e. The largest absolute Gasteiger partial charge is 0.490 e. The maximum absolute atomic E-state index is 13.3. The third-order valence-corrected chi connectivity index (χ3v) is 4.24. The van der Waals surface area contributed by atoms with Gasteiger partial charge in [0.25, 0.3) is 0 Å². The summed E-state index contributed by atoms with van der Waals surface area (Å²) >= 11 is 0. The molecule has 2 aromatic heterocycles. The molecular formula is C21H17FN2O5. The fourth-order valence-electron chi connectivity index (χ4n) is 3.07. The highest BCUT2D eigenvalue weighted by molar-refractivity contribution is 6.09. The molecule has 0 radical (unpaired) electrons. The maximum atomic E-state index is 13.3. The predicted octanol–water partition coefficient (Wildman–Crippen LogP) is 5.08. The van der Waals surface area contributed by atoms with Crippen LogP contribution in [0.15, 0.2) is 45.3 Å². The molecule has 0 unspecified atom stereocenters. The van der Waals surface area contributed by atoms with Gasteiger partial charge in [-0.3, -0.25) is 0 Å². The second kappa shape index (κ2) is 7.05. The predicted molar refractivity (Wildman–Crippen MR) is 102 cm³/mol. The lowest BCUT2D eigenvalue weighted by Gasteiger charge is -2.12. The van der Waals surface area contributed by atoms with Crippen LogP contribution in [0, 0.1) is 12.7 Å². The van der Waals surface area contributed by atoms with Crippen molar-refractivity contribution in [3.8, 4) is 28.5 Å². The molecule has 1 N–H and O–H groups in total. The van der Waals surface area contributed by atoms with E-state index in [1.54, 1.807) is 19.1 Å². The quantitative estimate of drug-likeness (QED) is 0.502. The van der Waals surface area contributed by atoms with Crippen molar-refractivity contribution in [2.24, 2.45) is 0 Å². The van der Waals surface area contributed by atoms with Gasteiger partial charge in [-0.1, -0.05) is 5.16 Å². The van der Waals surface area contributed by atoms with Crippen LogP contribution in [-0.2, 0) is 0 Å². The third-order valence-electron chi connectivity index (χ3n) is 4.24. The summed E-state index contributed by atoms with van der Waals surface area (Å²) in [4.78, 5) is 16.2. The molecule has 0 spiro atoms. The van der Waals surface area contributed by atoms with Gasteiger partial charge in [0.15, 0.2) is 0 Å². The van der Waals surface area contributed by atoms with Crippen molar-refractivity contribution < 1.29 is 28.0 Å². The Morgan fingerprint density at radius 3 is 2.52 bits per heavy atom. The van der Waals surface area contributed by atoms with Crippen molar-refractivity contribution in [2.75, 3.05) is 0 Å². The molecule has 0 amide bonds. The SMILES string of the molecule is Cc1nc(-c2cc3oc(-c4ccc(F)cc4)c(C(=O)O)c3cc2OC(C)C)no1. The fourth-order valence-corrected chi connectivity index (χ4v) is 3.07. The lowest BCUT2D eigenvalue weighted by atomic mass is 10.0. The number of carboxylic acid groups (broad SMARTS) is 1. The number of carbonyl (C=O) groups is 1. The number of benzene rings is 2. The van der Waals surface area contributed by atoms with Crippen LogP contribution in [0.25, 0.3) is 33.7 Å². The van der Waals surface area contributed by atoms with Gasteiger partial charge in [0.05, 0.1) is 11.7 Å². The number of rotatable bonds is 5.